The van der Waals surface area contributed by atoms with Crippen molar-refractivity contribution in [1.82, 2.24) is 0 Å². The summed E-state index contributed by atoms with van der Waals surface area (Å²) in [5.74, 6) is -1.03. The molecule has 18 heavy (non-hydrogen) atoms. The lowest BCUT2D eigenvalue weighted by Gasteiger charge is -2.26. The van der Waals surface area contributed by atoms with Crippen molar-refractivity contribution in [3.63, 3.8) is 0 Å². The monoisotopic (exact) mass is 258 g/mol. The van der Waals surface area contributed by atoms with Crippen LogP contribution in [0.2, 0.25) is 0 Å². The van der Waals surface area contributed by atoms with Gasteiger partial charge < -0.3 is 24.1 Å². The minimum Gasteiger partial charge on any atom is -0.396 e. The van der Waals surface area contributed by atoms with E-state index in [4.69, 9.17) is 18.9 Å². The highest BCUT2D eigenvalue weighted by atomic mass is 16.8. The van der Waals surface area contributed by atoms with Crippen molar-refractivity contribution in [3.05, 3.63) is 0 Å². The standard InChI is InChI=1S/C13H22O5/c1-12(2)15-8-7(5-6-14)9-11(10(8)17-12)18-13(3,4)16-9/h7-11,14H,5-6H2,1-4H3/t8-,9-,10-,11-/m1/s1. The van der Waals surface area contributed by atoms with Gasteiger partial charge in [0.2, 0.25) is 0 Å². The summed E-state index contributed by atoms with van der Waals surface area (Å²) in [4.78, 5) is 0. The highest BCUT2D eigenvalue weighted by molar-refractivity contribution is 5.08. The Morgan fingerprint density at radius 1 is 0.778 bits per heavy atom. The number of hydrogen-bond acceptors (Lipinski definition) is 5. The largest absolute Gasteiger partial charge is 0.396 e. The SMILES string of the molecule is CC1(C)O[C@H]2[C@@H]3OC(C)(C)O[C@@H]3C(CCO)[C@H]2O1. The lowest BCUT2D eigenvalue weighted by molar-refractivity contribution is -0.174. The van der Waals surface area contributed by atoms with Crippen LogP contribution in [0.1, 0.15) is 34.1 Å². The normalized spacial score (nSPS) is 48.2. The fourth-order valence-corrected chi connectivity index (χ4v) is 3.47. The molecule has 0 radical (unpaired) electrons. The smallest absolute Gasteiger partial charge is 0.163 e. The van der Waals surface area contributed by atoms with Crippen LogP contribution in [0.4, 0.5) is 0 Å². The first-order valence-corrected chi connectivity index (χ1v) is 6.65. The van der Waals surface area contributed by atoms with E-state index in [1.165, 1.54) is 0 Å². The van der Waals surface area contributed by atoms with E-state index in [2.05, 4.69) is 0 Å². The number of ether oxygens (including phenoxy) is 4. The third-order valence-corrected chi connectivity index (χ3v) is 3.96. The first kappa shape index (κ1) is 12.8. The predicted molar refractivity (Wildman–Crippen MR) is 62.8 cm³/mol. The molecule has 2 aliphatic heterocycles. The quantitative estimate of drug-likeness (QED) is 0.802. The van der Waals surface area contributed by atoms with Crippen molar-refractivity contribution in [2.45, 2.75) is 70.1 Å². The molecule has 0 spiro atoms. The Morgan fingerprint density at radius 2 is 1.17 bits per heavy atom. The molecule has 4 atom stereocenters. The van der Waals surface area contributed by atoms with Gasteiger partial charge in [0.15, 0.2) is 11.6 Å². The molecule has 0 aromatic carbocycles. The van der Waals surface area contributed by atoms with Gasteiger partial charge in [-0.25, -0.2) is 0 Å². The van der Waals surface area contributed by atoms with Gasteiger partial charge in [0.1, 0.15) is 12.2 Å². The average Bonchev–Trinajstić information content (AvgIpc) is 2.77. The summed E-state index contributed by atoms with van der Waals surface area (Å²) in [6.07, 6.45) is 0.379. The fraction of sp³-hybridized carbons (Fsp3) is 1.00. The van der Waals surface area contributed by atoms with Crippen LogP contribution in [0.5, 0.6) is 0 Å². The topological polar surface area (TPSA) is 57.2 Å². The lowest BCUT2D eigenvalue weighted by atomic mass is 9.99. The van der Waals surface area contributed by atoms with Gasteiger partial charge in [-0.05, 0) is 34.1 Å². The van der Waals surface area contributed by atoms with Gasteiger partial charge in [-0.1, -0.05) is 0 Å². The zero-order valence-corrected chi connectivity index (χ0v) is 11.4. The number of fused-ring (bicyclic) bond motifs is 3. The summed E-state index contributed by atoms with van der Waals surface area (Å²) in [6.45, 7) is 7.79. The van der Waals surface area contributed by atoms with Crippen LogP contribution in [0, 0.1) is 5.92 Å². The Bertz CT molecular complexity index is 310. The van der Waals surface area contributed by atoms with E-state index < -0.39 is 11.6 Å². The molecule has 2 saturated heterocycles. The number of rotatable bonds is 2. The molecule has 0 amide bonds. The molecule has 3 fully saturated rings. The molecule has 0 bridgehead atoms. The van der Waals surface area contributed by atoms with Crippen LogP contribution >= 0.6 is 0 Å². The molecule has 5 heteroatoms. The molecule has 3 aliphatic rings. The van der Waals surface area contributed by atoms with Gasteiger partial charge in [-0.3, -0.25) is 0 Å². The zero-order valence-electron chi connectivity index (χ0n) is 11.4. The summed E-state index contributed by atoms with van der Waals surface area (Å²) in [6, 6.07) is 0. The van der Waals surface area contributed by atoms with E-state index in [9.17, 15) is 5.11 Å². The molecule has 0 unspecified atom stereocenters. The van der Waals surface area contributed by atoms with Gasteiger partial charge in [0, 0.05) is 12.5 Å². The molecular weight excluding hydrogens is 236 g/mol. The van der Waals surface area contributed by atoms with Crippen molar-refractivity contribution in [1.29, 1.82) is 0 Å². The molecule has 0 aromatic rings. The fourth-order valence-electron chi connectivity index (χ4n) is 3.47. The number of aliphatic hydroxyl groups is 1. The van der Waals surface area contributed by atoms with Crippen LogP contribution in [0.15, 0.2) is 0 Å². The second-order valence-corrected chi connectivity index (χ2v) is 6.31. The molecule has 0 aromatic heterocycles. The van der Waals surface area contributed by atoms with E-state index >= 15 is 0 Å². The van der Waals surface area contributed by atoms with Crippen LogP contribution in [0.25, 0.3) is 0 Å². The van der Waals surface area contributed by atoms with E-state index in [0.29, 0.717) is 6.42 Å². The van der Waals surface area contributed by atoms with Crippen LogP contribution < -0.4 is 0 Å². The maximum atomic E-state index is 9.23. The van der Waals surface area contributed by atoms with Crippen LogP contribution in [-0.2, 0) is 18.9 Å². The molecular formula is C13H22O5. The predicted octanol–water partition coefficient (Wildman–Crippen LogP) is 1.04. The Balaban J connectivity index is 1.85. The summed E-state index contributed by atoms with van der Waals surface area (Å²) in [5.41, 5.74) is 0. The van der Waals surface area contributed by atoms with Gasteiger partial charge in [-0.2, -0.15) is 0 Å². The second-order valence-electron chi connectivity index (χ2n) is 6.31. The summed E-state index contributed by atoms with van der Waals surface area (Å²) >= 11 is 0. The zero-order chi connectivity index (χ0) is 13.1. The molecule has 1 aliphatic carbocycles. The number of hydrogen-bond donors (Lipinski definition) is 1. The van der Waals surface area contributed by atoms with Crippen molar-refractivity contribution < 1.29 is 24.1 Å². The van der Waals surface area contributed by atoms with Crippen molar-refractivity contribution in [2.75, 3.05) is 6.61 Å². The first-order chi connectivity index (χ1) is 8.33. The maximum absolute atomic E-state index is 9.23. The minimum atomic E-state index is -0.579. The van der Waals surface area contributed by atoms with Crippen LogP contribution in [-0.4, -0.2) is 47.7 Å². The molecule has 3 rings (SSSR count). The number of aliphatic hydroxyl groups excluding tert-OH is 1. The molecule has 1 saturated carbocycles. The molecule has 1 N–H and O–H groups in total. The Kier molecular flexibility index (Phi) is 2.78. The third-order valence-electron chi connectivity index (χ3n) is 3.96. The Labute approximate surface area is 107 Å². The maximum Gasteiger partial charge on any atom is 0.163 e. The Morgan fingerprint density at radius 3 is 1.56 bits per heavy atom. The van der Waals surface area contributed by atoms with Crippen molar-refractivity contribution in [3.8, 4) is 0 Å². The highest BCUT2D eigenvalue weighted by Crippen LogP contribution is 2.50. The van der Waals surface area contributed by atoms with Gasteiger partial charge in [-0.15, -0.1) is 0 Å². The van der Waals surface area contributed by atoms with Crippen LogP contribution in [0.3, 0.4) is 0 Å². The molecule has 2 heterocycles. The second kappa shape index (κ2) is 3.90. The van der Waals surface area contributed by atoms with Crippen molar-refractivity contribution >= 4 is 0 Å². The van der Waals surface area contributed by atoms with Gasteiger partial charge >= 0.3 is 0 Å². The Hall–Kier alpha value is -0.200. The lowest BCUT2D eigenvalue weighted by Crippen LogP contribution is -2.34. The first-order valence-electron chi connectivity index (χ1n) is 6.65. The van der Waals surface area contributed by atoms with Gasteiger partial charge in [0.25, 0.3) is 0 Å². The van der Waals surface area contributed by atoms with Gasteiger partial charge in [0.05, 0.1) is 12.2 Å². The summed E-state index contributed by atoms with van der Waals surface area (Å²) in [5, 5.41) is 9.23. The van der Waals surface area contributed by atoms with E-state index in [1.54, 1.807) is 0 Å². The van der Waals surface area contributed by atoms with E-state index in [0.717, 1.165) is 0 Å². The average molecular weight is 258 g/mol. The summed E-state index contributed by atoms with van der Waals surface area (Å²) < 4.78 is 23.8. The third kappa shape index (κ3) is 1.89. The molecule has 5 nitrogen and oxygen atoms in total. The summed E-state index contributed by atoms with van der Waals surface area (Å²) in [7, 11) is 0. The van der Waals surface area contributed by atoms with E-state index in [-0.39, 0.29) is 36.9 Å². The molecule has 104 valence electrons. The minimum absolute atomic E-state index is 0.0433. The highest BCUT2D eigenvalue weighted by Gasteiger charge is 2.64. The van der Waals surface area contributed by atoms with E-state index in [1.807, 2.05) is 27.7 Å². The van der Waals surface area contributed by atoms with Crippen molar-refractivity contribution in [2.24, 2.45) is 5.92 Å².